The third-order valence-electron chi connectivity index (χ3n) is 6.36. The van der Waals surface area contributed by atoms with E-state index in [4.69, 9.17) is 5.26 Å². The summed E-state index contributed by atoms with van der Waals surface area (Å²) in [5, 5.41) is 29.8. The zero-order valence-corrected chi connectivity index (χ0v) is 20.9. The highest BCUT2D eigenvalue weighted by Crippen LogP contribution is 2.31. The van der Waals surface area contributed by atoms with Gasteiger partial charge in [0.1, 0.15) is 17.6 Å². The summed E-state index contributed by atoms with van der Waals surface area (Å²) in [5.41, 5.74) is 2.19. The minimum absolute atomic E-state index is 0. The molecule has 186 valence electrons. The molecule has 1 aliphatic heterocycles. The highest BCUT2D eigenvalue weighted by atomic mass is 35.5. The molecule has 9 nitrogen and oxygen atoms in total. The Morgan fingerprint density at radius 1 is 1.19 bits per heavy atom. The van der Waals surface area contributed by atoms with E-state index in [1.165, 1.54) is 11.8 Å². The van der Waals surface area contributed by atoms with Crippen molar-refractivity contribution >= 4 is 58.4 Å². The quantitative estimate of drug-likeness (QED) is 0.399. The van der Waals surface area contributed by atoms with Crippen LogP contribution in [-0.4, -0.2) is 44.8 Å². The number of amides is 2. The van der Waals surface area contributed by atoms with Crippen LogP contribution < -0.4 is 16.0 Å². The van der Waals surface area contributed by atoms with Crippen molar-refractivity contribution < 1.29 is 14.7 Å². The van der Waals surface area contributed by atoms with Crippen LogP contribution in [0.15, 0.2) is 47.4 Å². The predicted octanol–water partition coefficient (Wildman–Crippen LogP) is 3.23. The molecule has 0 bridgehead atoms. The Kier molecular flexibility index (Phi) is 8.06. The average molecular weight is 525 g/mol. The number of hydrogen-bond donors (Lipinski definition) is 4. The first kappa shape index (κ1) is 25.9. The van der Waals surface area contributed by atoms with Gasteiger partial charge < -0.3 is 21.1 Å². The Hall–Kier alpha value is -3.23. The summed E-state index contributed by atoms with van der Waals surface area (Å²) in [6, 6.07) is 14.7. The van der Waals surface area contributed by atoms with Crippen molar-refractivity contribution in [3.05, 3.63) is 53.9 Å². The minimum Gasteiger partial charge on any atom is -0.391 e. The van der Waals surface area contributed by atoms with Crippen LogP contribution in [0.5, 0.6) is 0 Å². The Balaban J connectivity index is 0.00000304. The topological polar surface area (TPSA) is 140 Å². The number of aliphatic hydroxyl groups is 1. The summed E-state index contributed by atoms with van der Waals surface area (Å²) >= 11 is 1.47. The van der Waals surface area contributed by atoms with E-state index in [1.54, 1.807) is 18.2 Å². The number of hydrogen-bond acceptors (Lipinski definition) is 8. The molecule has 5 rings (SSSR count). The summed E-state index contributed by atoms with van der Waals surface area (Å²) in [5.74, 6) is 0.427. The van der Waals surface area contributed by atoms with Gasteiger partial charge >= 0.3 is 0 Å². The number of benzene rings is 1. The molecular weight excluding hydrogens is 500 g/mol. The molecule has 36 heavy (non-hydrogen) atoms. The molecule has 11 heteroatoms. The second-order valence-electron chi connectivity index (χ2n) is 8.73. The smallest absolute Gasteiger partial charge is 0.235 e. The summed E-state index contributed by atoms with van der Waals surface area (Å²) < 4.78 is 0. The first-order chi connectivity index (χ1) is 17.0. The van der Waals surface area contributed by atoms with E-state index in [0.717, 1.165) is 16.0 Å². The number of halogens is 1. The van der Waals surface area contributed by atoms with Gasteiger partial charge in [-0.2, -0.15) is 5.26 Å². The zero-order chi connectivity index (χ0) is 24.4. The number of carbonyl (C=O) groups is 2. The number of pyridine rings is 2. The van der Waals surface area contributed by atoms with Gasteiger partial charge in [0.25, 0.3) is 0 Å². The standard InChI is InChI=1S/C25H24N6O3S.ClH/c26-11-16-6-4-14-2-1-3-19(23(14)28-16)30-25(34)15-5-8-18(20(32)10-15)27-12-17-7-9-21-24(29-17)31-22(33)13-35-21;/h1-4,6-7,9,15,18,20,27,32H,5,8,10,12-13H2,(H,30,34)(H,29,31,33);1H/t15-,18-,20+;/m1./s1. The molecule has 1 saturated carbocycles. The molecule has 2 amide bonds. The highest BCUT2D eigenvalue weighted by Gasteiger charge is 2.33. The maximum absolute atomic E-state index is 13.0. The fraction of sp³-hybridized carbons (Fsp3) is 0.320. The number of carbonyl (C=O) groups excluding carboxylic acids is 2. The van der Waals surface area contributed by atoms with Crippen LogP contribution in [0.4, 0.5) is 11.5 Å². The van der Waals surface area contributed by atoms with E-state index >= 15 is 0 Å². The first-order valence-electron chi connectivity index (χ1n) is 11.4. The number of rotatable bonds is 5. The van der Waals surface area contributed by atoms with Gasteiger partial charge in [-0.1, -0.05) is 12.1 Å². The largest absolute Gasteiger partial charge is 0.391 e. The summed E-state index contributed by atoms with van der Waals surface area (Å²) in [6.07, 6.45) is 0.939. The molecule has 4 N–H and O–H groups in total. The van der Waals surface area contributed by atoms with Crippen LogP contribution in [0.2, 0.25) is 0 Å². The zero-order valence-electron chi connectivity index (χ0n) is 19.2. The molecule has 0 saturated heterocycles. The molecule has 1 fully saturated rings. The maximum atomic E-state index is 13.0. The Morgan fingerprint density at radius 2 is 2.06 bits per heavy atom. The lowest BCUT2D eigenvalue weighted by atomic mass is 9.83. The normalized spacial score (nSPS) is 21.0. The van der Waals surface area contributed by atoms with E-state index in [-0.39, 0.29) is 41.9 Å². The van der Waals surface area contributed by atoms with E-state index in [1.807, 2.05) is 30.3 Å². The van der Waals surface area contributed by atoms with Crippen molar-refractivity contribution in [2.24, 2.45) is 5.92 Å². The van der Waals surface area contributed by atoms with Gasteiger partial charge in [-0.15, -0.1) is 24.2 Å². The van der Waals surface area contributed by atoms with Gasteiger partial charge in [-0.25, -0.2) is 9.97 Å². The van der Waals surface area contributed by atoms with E-state index in [9.17, 15) is 14.7 Å². The van der Waals surface area contributed by atoms with E-state index in [0.29, 0.717) is 48.6 Å². The first-order valence-corrected chi connectivity index (χ1v) is 12.4. The average Bonchev–Trinajstić information content (AvgIpc) is 2.87. The van der Waals surface area contributed by atoms with Gasteiger partial charge in [0, 0.05) is 23.9 Å². The number of nitrogens with one attached hydrogen (secondary N) is 3. The second kappa shape index (κ2) is 11.2. The van der Waals surface area contributed by atoms with Gasteiger partial charge in [0.05, 0.1) is 33.7 Å². The number of para-hydroxylation sites is 1. The fourth-order valence-corrected chi connectivity index (χ4v) is 5.26. The van der Waals surface area contributed by atoms with Crippen molar-refractivity contribution in [2.75, 3.05) is 16.4 Å². The molecule has 1 aliphatic carbocycles. The molecule has 0 unspecified atom stereocenters. The number of anilines is 2. The number of nitriles is 1. The molecule has 1 aromatic carbocycles. The Labute approximate surface area is 218 Å². The Bertz CT molecular complexity index is 1350. The monoisotopic (exact) mass is 524 g/mol. The minimum atomic E-state index is -0.678. The molecule has 0 radical (unpaired) electrons. The summed E-state index contributed by atoms with van der Waals surface area (Å²) in [7, 11) is 0. The lowest BCUT2D eigenvalue weighted by Crippen LogP contribution is -2.46. The van der Waals surface area contributed by atoms with Crippen LogP contribution in [0.3, 0.4) is 0 Å². The molecule has 3 aromatic rings. The molecule has 2 aliphatic rings. The lowest BCUT2D eigenvalue weighted by Gasteiger charge is -2.33. The highest BCUT2D eigenvalue weighted by molar-refractivity contribution is 8.00. The summed E-state index contributed by atoms with van der Waals surface area (Å²) in [4.78, 5) is 34.4. The lowest BCUT2D eigenvalue weighted by molar-refractivity contribution is -0.122. The van der Waals surface area contributed by atoms with Crippen LogP contribution in [0.25, 0.3) is 10.9 Å². The van der Waals surface area contributed by atoms with Crippen LogP contribution >= 0.6 is 24.2 Å². The van der Waals surface area contributed by atoms with E-state index in [2.05, 4.69) is 25.9 Å². The molecule has 0 spiro atoms. The van der Waals surface area contributed by atoms with Crippen molar-refractivity contribution in [1.82, 2.24) is 15.3 Å². The predicted molar refractivity (Wildman–Crippen MR) is 140 cm³/mol. The molecule has 2 aromatic heterocycles. The van der Waals surface area contributed by atoms with Crippen molar-refractivity contribution in [1.29, 1.82) is 5.26 Å². The van der Waals surface area contributed by atoms with Crippen LogP contribution in [0, 0.1) is 17.2 Å². The van der Waals surface area contributed by atoms with Crippen LogP contribution in [-0.2, 0) is 16.1 Å². The van der Waals surface area contributed by atoms with E-state index < -0.39 is 6.10 Å². The SMILES string of the molecule is Cl.N#Cc1ccc2cccc(NC(=O)[C@@H]3CC[C@@H](NCc4ccc5c(n4)NC(=O)CS5)[C@@H](O)C3)c2n1. The van der Waals surface area contributed by atoms with Gasteiger partial charge in [-0.3, -0.25) is 9.59 Å². The number of thioether (sulfide) groups is 1. The Morgan fingerprint density at radius 3 is 2.86 bits per heavy atom. The second-order valence-corrected chi connectivity index (χ2v) is 9.74. The maximum Gasteiger partial charge on any atom is 0.235 e. The van der Waals surface area contributed by atoms with Crippen molar-refractivity contribution in [2.45, 2.75) is 42.8 Å². The third-order valence-corrected chi connectivity index (χ3v) is 7.40. The number of aliphatic hydroxyl groups excluding tert-OH is 1. The number of nitrogens with zero attached hydrogens (tertiary/aromatic N) is 3. The third kappa shape index (κ3) is 5.60. The fourth-order valence-electron chi connectivity index (χ4n) is 4.51. The molecule has 3 atom stereocenters. The number of aromatic nitrogens is 2. The van der Waals surface area contributed by atoms with Crippen molar-refractivity contribution in [3.63, 3.8) is 0 Å². The van der Waals surface area contributed by atoms with Crippen LogP contribution in [0.1, 0.15) is 30.7 Å². The van der Waals surface area contributed by atoms with Gasteiger partial charge in [0.2, 0.25) is 11.8 Å². The van der Waals surface area contributed by atoms with Gasteiger partial charge in [-0.05, 0) is 49.6 Å². The summed E-state index contributed by atoms with van der Waals surface area (Å²) in [6.45, 7) is 0.454. The van der Waals surface area contributed by atoms with Crippen molar-refractivity contribution in [3.8, 4) is 6.07 Å². The number of fused-ring (bicyclic) bond motifs is 2. The molecule has 3 heterocycles. The molecular formula is C25H25ClN6O3S. The van der Waals surface area contributed by atoms with Gasteiger partial charge in [0.15, 0.2) is 0 Å².